The summed E-state index contributed by atoms with van der Waals surface area (Å²) in [4.78, 5) is 30.4. The van der Waals surface area contributed by atoms with Crippen molar-refractivity contribution in [1.29, 1.82) is 0 Å². The molecule has 5 aromatic rings. The van der Waals surface area contributed by atoms with E-state index in [1.54, 1.807) is 10.6 Å². The summed E-state index contributed by atoms with van der Waals surface area (Å²) in [6.45, 7) is 3.74. The number of para-hydroxylation sites is 1. The normalized spacial score (nSPS) is 10.9. The molecule has 5 heteroatoms. The number of anilines is 1. The van der Waals surface area contributed by atoms with Crippen molar-refractivity contribution in [3.63, 3.8) is 0 Å². The van der Waals surface area contributed by atoms with Gasteiger partial charge in [-0.25, -0.2) is 4.98 Å². The molecular weight excluding hydrogens is 434 g/mol. The lowest BCUT2D eigenvalue weighted by Crippen LogP contribution is -2.22. The van der Waals surface area contributed by atoms with Crippen molar-refractivity contribution in [2.45, 2.75) is 20.3 Å². The maximum atomic E-state index is 13.1. The monoisotopic (exact) mass is 459 g/mol. The van der Waals surface area contributed by atoms with Crippen LogP contribution in [0.3, 0.4) is 0 Å². The van der Waals surface area contributed by atoms with Crippen LogP contribution in [0.25, 0.3) is 27.7 Å². The molecule has 5 nitrogen and oxygen atoms in total. The Morgan fingerprint density at radius 1 is 0.829 bits per heavy atom. The van der Waals surface area contributed by atoms with Gasteiger partial charge in [0.25, 0.3) is 5.56 Å². The van der Waals surface area contributed by atoms with Gasteiger partial charge in [-0.3, -0.25) is 14.2 Å². The van der Waals surface area contributed by atoms with Crippen molar-refractivity contribution in [2.75, 3.05) is 5.32 Å². The van der Waals surface area contributed by atoms with Crippen molar-refractivity contribution in [3.8, 4) is 16.8 Å². The number of carbonyl (C=O) groups is 1. The molecule has 5 rings (SSSR count). The van der Waals surface area contributed by atoms with Crippen LogP contribution < -0.4 is 10.9 Å². The van der Waals surface area contributed by atoms with Crippen LogP contribution in [0.2, 0.25) is 0 Å². The van der Waals surface area contributed by atoms with Crippen molar-refractivity contribution in [2.24, 2.45) is 0 Å². The van der Waals surface area contributed by atoms with E-state index >= 15 is 0 Å². The minimum absolute atomic E-state index is 0.0889. The Bertz CT molecular complexity index is 1590. The molecule has 1 N–H and O–H groups in total. The fraction of sp³-hybridized carbons (Fsp3) is 0.100. The largest absolute Gasteiger partial charge is 0.326 e. The van der Waals surface area contributed by atoms with Gasteiger partial charge < -0.3 is 5.32 Å². The molecule has 0 spiro atoms. The molecule has 0 saturated carbocycles. The zero-order valence-electron chi connectivity index (χ0n) is 19.7. The molecule has 0 aliphatic rings. The van der Waals surface area contributed by atoms with Crippen LogP contribution >= 0.6 is 0 Å². The molecule has 0 fully saturated rings. The molecule has 0 aliphatic heterocycles. The lowest BCUT2D eigenvalue weighted by molar-refractivity contribution is -0.115. The zero-order valence-corrected chi connectivity index (χ0v) is 19.7. The third-order valence-electron chi connectivity index (χ3n) is 6.11. The van der Waals surface area contributed by atoms with Gasteiger partial charge in [0.2, 0.25) is 5.91 Å². The number of fused-ring (bicyclic) bond motifs is 1. The smallest absolute Gasteiger partial charge is 0.265 e. The molecule has 0 aliphatic carbocycles. The van der Waals surface area contributed by atoms with Gasteiger partial charge in [0.1, 0.15) is 5.82 Å². The number of nitrogens with one attached hydrogen (secondary N) is 1. The van der Waals surface area contributed by atoms with Crippen molar-refractivity contribution < 1.29 is 4.79 Å². The van der Waals surface area contributed by atoms with Crippen LogP contribution in [0.1, 0.15) is 17.0 Å². The first-order chi connectivity index (χ1) is 17.0. The Morgan fingerprint density at radius 2 is 1.51 bits per heavy atom. The Kier molecular flexibility index (Phi) is 5.98. The van der Waals surface area contributed by atoms with Crippen LogP contribution in [0.4, 0.5) is 5.69 Å². The fourth-order valence-corrected chi connectivity index (χ4v) is 4.30. The number of hydrogen-bond donors (Lipinski definition) is 1. The molecular formula is C30H25N3O2. The summed E-state index contributed by atoms with van der Waals surface area (Å²) in [6.07, 6.45) is 0.281. The highest BCUT2D eigenvalue weighted by molar-refractivity contribution is 5.93. The van der Waals surface area contributed by atoms with Gasteiger partial charge in [-0.05, 0) is 66.4 Å². The SMILES string of the molecule is Cc1cc(-n2c(C)nc3ccccc3c2=O)ccc1NC(=O)Cc1ccc(-c2ccccc2)cc1. The predicted molar refractivity (Wildman–Crippen MR) is 141 cm³/mol. The van der Waals surface area contributed by atoms with Crippen LogP contribution in [0, 0.1) is 13.8 Å². The number of amides is 1. The second-order valence-corrected chi connectivity index (χ2v) is 8.60. The molecule has 0 radical (unpaired) electrons. The van der Waals surface area contributed by atoms with E-state index in [-0.39, 0.29) is 17.9 Å². The minimum atomic E-state index is -0.108. The van der Waals surface area contributed by atoms with E-state index in [1.807, 2.05) is 92.7 Å². The summed E-state index contributed by atoms with van der Waals surface area (Å²) in [7, 11) is 0. The van der Waals surface area contributed by atoms with E-state index in [1.165, 1.54) is 0 Å². The quantitative estimate of drug-likeness (QED) is 0.359. The lowest BCUT2D eigenvalue weighted by Gasteiger charge is -2.14. The van der Waals surface area contributed by atoms with Crippen LogP contribution in [-0.4, -0.2) is 15.5 Å². The Hall–Kier alpha value is -4.51. The summed E-state index contributed by atoms with van der Waals surface area (Å²) < 4.78 is 1.61. The van der Waals surface area contributed by atoms with E-state index in [9.17, 15) is 9.59 Å². The summed E-state index contributed by atoms with van der Waals surface area (Å²) >= 11 is 0. The maximum Gasteiger partial charge on any atom is 0.265 e. The van der Waals surface area contributed by atoms with Gasteiger partial charge in [0.05, 0.1) is 23.0 Å². The maximum absolute atomic E-state index is 13.1. The molecule has 1 heterocycles. The molecule has 1 aromatic heterocycles. The first-order valence-corrected chi connectivity index (χ1v) is 11.5. The van der Waals surface area contributed by atoms with Gasteiger partial charge in [-0.15, -0.1) is 0 Å². The van der Waals surface area contributed by atoms with Crippen LogP contribution in [-0.2, 0) is 11.2 Å². The Balaban J connectivity index is 1.33. The average molecular weight is 460 g/mol. The third kappa shape index (κ3) is 4.62. The first kappa shape index (κ1) is 22.3. The number of rotatable bonds is 5. The summed E-state index contributed by atoms with van der Waals surface area (Å²) in [5.74, 6) is 0.526. The molecule has 4 aromatic carbocycles. The Morgan fingerprint density at radius 3 is 2.26 bits per heavy atom. The highest BCUT2D eigenvalue weighted by Gasteiger charge is 2.12. The second kappa shape index (κ2) is 9.39. The number of benzene rings is 4. The van der Waals surface area contributed by atoms with E-state index in [2.05, 4.69) is 22.4 Å². The lowest BCUT2D eigenvalue weighted by atomic mass is 10.0. The number of hydrogen-bond acceptors (Lipinski definition) is 3. The fourth-order valence-electron chi connectivity index (χ4n) is 4.30. The van der Waals surface area contributed by atoms with E-state index in [0.29, 0.717) is 16.7 Å². The summed E-state index contributed by atoms with van der Waals surface area (Å²) in [5.41, 5.74) is 6.10. The predicted octanol–water partition coefficient (Wildman–Crippen LogP) is 5.85. The van der Waals surface area contributed by atoms with Gasteiger partial charge >= 0.3 is 0 Å². The minimum Gasteiger partial charge on any atom is -0.326 e. The van der Waals surface area contributed by atoms with E-state index in [4.69, 9.17) is 0 Å². The van der Waals surface area contributed by atoms with Gasteiger partial charge in [-0.2, -0.15) is 0 Å². The molecule has 0 bridgehead atoms. The number of aryl methyl sites for hydroxylation is 2. The number of aromatic nitrogens is 2. The van der Waals surface area contributed by atoms with Crippen LogP contribution in [0.5, 0.6) is 0 Å². The topological polar surface area (TPSA) is 64.0 Å². The Labute approximate surface area is 203 Å². The number of carbonyl (C=O) groups excluding carboxylic acids is 1. The third-order valence-corrected chi connectivity index (χ3v) is 6.11. The highest BCUT2D eigenvalue weighted by atomic mass is 16.1. The molecule has 1 amide bonds. The zero-order chi connectivity index (χ0) is 24.4. The highest BCUT2D eigenvalue weighted by Crippen LogP contribution is 2.22. The average Bonchev–Trinajstić information content (AvgIpc) is 2.86. The molecule has 0 unspecified atom stereocenters. The molecule has 35 heavy (non-hydrogen) atoms. The van der Waals surface area contributed by atoms with Crippen LogP contribution in [0.15, 0.2) is 102 Å². The van der Waals surface area contributed by atoms with Gasteiger partial charge in [-0.1, -0.05) is 66.7 Å². The molecule has 0 atom stereocenters. The van der Waals surface area contributed by atoms with Crippen molar-refractivity contribution >= 4 is 22.5 Å². The van der Waals surface area contributed by atoms with Gasteiger partial charge in [0.15, 0.2) is 0 Å². The molecule has 172 valence electrons. The second-order valence-electron chi connectivity index (χ2n) is 8.60. The first-order valence-electron chi connectivity index (χ1n) is 11.5. The summed E-state index contributed by atoms with van der Waals surface area (Å²) in [5, 5.41) is 3.58. The van der Waals surface area contributed by atoms with Crippen molar-refractivity contribution in [3.05, 3.63) is 124 Å². The van der Waals surface area contributed by atoms with Gasteiger partial charge in [0, 0.05) is 5.69 Å². The number of nitrogens with zero attached hydrogens (tertiary/aromatic N) is 2. The standard InChI is InChI=1S/C30H25N3O2/c1-20-18-25(33-21(2)31-28-11-7-6-10-26(28)30(33)35)16-17-27(20)32-29(34)19-22-12-14-24(15-13-22)23-8-4-3-5-9-23/h3-18H,19H2,1-2H3,(H,32,34). The van der Waals surface area contributed by atoms with E-state index < -0.39 is 0 Å². The summed E-state index contributed by atoms with van der Waals surface area (Å²) in [6, 6.07) is 31.1. The molecule has 0 saturated heterocycles. The van der Waals surface area contributed by atoms with Crippen molar-refractivity contribution in [1.82, 2.24) is 9.55 Å². The van der Waals surface area contributed by atoms with E-state index in [0.717, 1.165) is 33.6 Å².